The van der Waals surface area contributed by atoms with Gasteiger partial charge in [-0.2, -0.15) is 0 Å². The van der Waals surface area contributed by atoms with Gasteiger partial charge in [0.2, 0.25) is 0 Å². The number of aromatic nitrogens is 1. The summed E-state index contributed by atoms with van der Waals surface area (Å²) in [4.78, 5) is 4.36. The number of halogens is 2. The van der Waals surface area contributed by atoms with E-state index in [9.17, 15) is 0 Å². The summed E-state index contributed by atoms with van der Waals surface area (Å²) in [6, 6.07) is 5.75. The lowest BCUT2D eigenvalue weighted by Crippen LogP contribution is -1.97. The van der Waals surface area contributed by atoms with E-state index >= 15 is 0 Å². The number of anilines is 1. The van der Waals surface area contributed by atoms with Crippen LogP contribution in [0.25, 0.3) is 10.9 Å². The molecule has 1 aromatic heterocycles. The van der Waals surface area contributed by atoms with Crippen molar-refractivity contribution < 1.29 is 0 Å². The monoisotopic (exact) mass is 284 g/mol. The molecular weight excluding hydrogens is 275 g/mol. The minimum absolute atomic E-state index is 0.591. The van der Waals surface area contributed by atoms with E-state index in [0.29, 0.717) is 10.8 Å². The lowest BCUT2D eigenvalue weighted by Gasteiger charge is -2.06. The molecule has 0 spiro atoms. The molecule has 0 bridgehead atoms. The van der Waals surface area contributed by atoms with Crippen LogP contribution in [0.15, 0.2) is 22.7 Å². The van der Waals surface area contributed by atoms with E-state index in [1.54, 1.807) is 0 Å². The largest absolute Gasteiger partial charge is 0.383 e. The number of hydrogen-bond acceptors (Lipinski definition) is 2. The van der Waals surface area contributed by atoms with Gasteiger partial charge in [-0.05, 0) is 46.1 Å². The Morgan fingerprint density at radius 2 is 2.13 bits per heavy atom. The first-order chi connectivity index (χ1) is 7.11. The zero-order chi connectivity index (χ0) is 11.0. The van der Waals surface area contributed by atoms with Crippen LogP contribution >= 0.6 is 27.5 Å². The fourth-order valence-corrected chi connectivity index (χ4v) is 2.47. The minimum atomic E-state index is 0.591. The van der Waals surface area contributed by atoms with E-state index in [0.717, 1.165) is 27.4 Å². The Hall–Kier alpha value is -0.800. The lowest BCUT2D eigenvalue weighted by molar-refractivity contribution is 1.13. The number of pyridine rings is 1. The van der Waals surface area contributed by atoms with Crippen molar-refractivity contribution in [3.8, 4) is 0 Å². The number of nitrogens with two attached hydrogens (primary N) is 1. The van der Waals surface area contributed by atoms with Gasteiger partial charge in [-0.3, -0.25) is 0 Å². The van der Waals surface area contributed by atoms with Gasteiger partial charge in [0, 0.05) is 14.9 Å². The van der Waals surface area contributed by atoms with Crippen LogP contribution in [-0.4, -0.2) is 4.98 Å². The SMILES string of the molecule is CCc1cc2cc(Cl)cc(Br)c2nc1N. The zero-order valence-electron chi connectivity index (χ0n) is 8.22. The molecule has 2 rings (SSSR count). The van der Waals surface area contributed by atoms with Crippen LogP contribution in [0.1, 0.15) is 12.5 Å². The Labute approximate surface area is 102 Å². The third-order valence-electron chi connectivity index (χ3n) is 2.33. The average molecular weight is 286 g/mol. The molecule has 0 amide bonds. The molecule has 4 heteroatoms. The van der Waals surface area contributed by atoms with E-state index in [2.05, 4.69) is 27.8 Å². The molecule has 2 aromatic rings. The standard InChI is InChI=1S/C11H10BrClN2/c1-2-6-3-7-4-8(13)5-9(12)10(7)15-11(6)14/h3-5H,2H2,1H3,(H2,14,15). The summed E-state index contributed by atoms with van der Waals surface area (Å²) in [6.45, 7) is 2.05. The Balaban J connectivity index is 2.81. The average Bonchev–Trinajstić information content (AvgIpc) is 2.18. The summed E-state index contributed by atoms with van der Waals surface area (Å²) in [7, 11) is 0. The summed E-state index contributed by atoms with van der Waals surface area (Å²) < 4.78 is 0.874. The van der Waals surface area contributed by atoms with Crippen molar-refractivity contribution in [1.82, 2.24) is 4.98 Å². The van der Waals surface area contributed by atoms with Crippen LogP contribution in [-0.2, 0) is 6.42 Å². The molecule has 0 radical (unpaired) electrons. The van der Waals surface area contributed by atoms with Gasteiger partial charge in [0.1, 0.15) is 5.82 Å². The van der Waals surface area contributed by atoms with Crippen molar-refractivity contribution in [3.05, 3.63) is 33.3 Å². The maximum absolute atomic E-state index is 5.97. The van der Waals surface area contributed by atoms with Crippen LogP contribution in [0.5, 0.6) is 0 Å². The number of fused-ring (bicyclic) bond motifs is 1. The van der Waals surface area contributed by atoms with E-state index < -0.39 is 0 Å². The first-order valence-corrected chi connectivity index (χ1v) is 5.83. The van der Waals surface area contributed by atoms with Crippen LogP contribution < -0.4 is 5.73 Å². The number of benzene rings is 1. The zero-order valence-corrected chi connectivity index (χ0v) is 10.6. The van der Waals surface area contributed by atoms with Crippen molar-refractivity contribution in [3.63, 3.8) is 0 Å². The highest BCUT2D eigenvalue weighted by atomic mass is 79.9. The molecule has 1 heterocycles. The van der Waals surface area contributed by atoms with Gasteiger partial charge in [-0.25, -0.2) is 4.98 Å². The summed E-state index contributed by atoms with van der Waals surface area (Å²) in [6.07, 6.45) is 0.874. The molecule has 0 aliphatic heterocycles. The van der Waals surface area contributed by atoms with E-state index in [1.165, 1.54) is 0 Å². The highest BCUT2D eigenvalue weighted by Crippen LogP contribution is 2.29. The fourth-order valence-electron chi connectivity index (χ4n) is 1.55. The first kappa shape index (κ1) is 10.7. The molecule has 0 aliphatic rings. The molecule has 1 aromatic carbocycles. The molecule has 78 valence electrons. The first-order valence-electron chi connectivity index (χ1n) is 4.66. The molecule has 2 N–H and O–H groups in total. The van der Waals surface area contributed by atoms with Gasteiger partial charge in [0.15, 0.2) is 0 Å². The maximum Gasteiger partial charge on any atom is 0.127 e. The second-order valence-electron chi connectivity index (χ2n) is 3.35. The molecule has 0 aliphatic carbocycles. The maximum atomic E-state index is 5.97. The normalized spacial score (nSPS) is 10.9. The number of aryl methyl sites for hydroxylation is 1. The van der Waals surface area contributed by atoms with Gasteiger partial charge in [-0.1, -0.05) is 18.5 Å². The quantitative estimate of drug-likeness (QED) is 0.865. The van der Waals surface area contributed by atoms with Crippen LogP contribution in [0.3, 0.4) is 0 Å². The Bertz CT molecular complexity index is 525. The fraction of sp³-hybridized carbons (Fsp3) is 0.182. The predicted molar refractivity (Wildman–Crippen MR) is 68.2 cm³/mol. The van der Waals surface area contributed by atoms with Crippen molar-refractivity contribution in [2.45, 2.75) is 13.3 Å². The van der Waals surface area contributed by atoms with Gasteiger partial charge < -0.3 is 5.73 Å². The van der Waals surface area contributed by atoms with E-state index in [-0.39, 0.29) is 0 Å². The Morgan fingerprint density at radius 3 is 2.80 bits per heavy atom. The van der Waals surface area contributed by atoms with Gasteiger partial charge in [-0.15, -0.1) is 0 Å². The predicted octanol–water partition coefficient (Wildman–Crippen LogP) is 3.80. The number of hydrogen-bond donors (Lipinski definition) is 1. The van der Waals surface area contributed by atoms with Crippen LogP contribution in [0.2, 0.25) is 5.02 Å². The van der Waals surface area contributed by atoms with Crippen LogP contribution in [0, 0.1) is 0 Å². The van der Waals surface area contributed by atoms with Crippen LogP contribution in [0.4, 0.5) is 5.82 Å². The molecule has 15 heavy (non-hydrogen) atoms. The summed E-state index contributed by atoms with van der Waals surface area (Å²) >= 11 is 9.40. The molecule has 0 unspecified atom stereocenters. The van der Waals surface area contributed by atoms with Crippen molar-refractivity contribution in [2.24, 2.45) is 0 Å². The van der Waals surface area contributed by atoms with Gasteiger partial charge >= 0.3 is 0 Å². The van der Waals surface area contributed by atoms with Crippen molar-refractivity contribution in [2.75, 3.05) is 5.73 Å². The second-order valence-corrected chi connectivity index (χ2v) is 4.64. The molecular formula is C11H10BrClN2. The van der Waals surface area contributed by atoms with E-state index in [4.69, 9.17) is 17.3 Å². The Morgan fingerprint density at radius 1 is 1.40 bits per heavy atom. The smallest absolute Gasteiger partial charge is 0.127 e. The van der Waals surface area contributed by atoms with E-state index in [1.807, 2.05) is 18.2 Å². The van der Waals surface area contributed by atoms with Gasteiger partial charge in [0.05, 0.1) is 5.52 Å². The highest BCUT2D eigenvalue weighted by molar-refractivity contribution is 9.10. The second kappa shape index (κ2) is 3.99. The summed E-state index contributed by atoms with van der Waals surface area (Å²) in [5, 5.41) is 1.71. The van der Waals surface area contributed by atoms with Gasteiger partial charge in [0.25, 0.3) is 0 Å². The molecule has 0 saturated heterocycles. The summed E-state index contributed by atoms with van der Waals surface area (Å²) in [5.41, 5.74) is 7.75. The molecule has 0 saturated carbocycles. The number of nitrogen functional groups attached to an aromatic ring is 1. The lowest BCUT2D eigenvalue weighted by atomic mass is 10.1. The highest BCUT2D eigenvalue weighted by Gasteiger charge is 2.06. The minimum Gasteiger partial charge on any atom is -0.383 e. The number of rotatable bonds is 1. The third kappa shape index (κ3) is 1.94. The third-order valence-corrected chi connectivity index (χ3v) is 3.15. The molecule has 0 fully saturated rings. The van der Waals surface area contributed by atoms with Crippen molar-refractivity contribution in [1.29, 1.82) is 0 Å². The Kier molecular flexibility index (Phi) is 2.85. The molecule has 0 atom stereocenters. The summed E-state index contributed by atoms with van der Waals surface area (Å²) in [5.74, 6) is 0.591. The topological polar surface area (TPSA) is 38.9 Å². The number of nitrogens with zero attached hydrogens (tertiary/aromatic N) is 1. The van der Waals surface area contributed by atoms with Crippen molar-refractivity contribution >= 4 is 44.3 Å². The molecule has 2 nitrogen and oxygen atoms in total.